The fraction of sp³-hybridized carbons (Fsp3) is 0.364. The molecule has 0 radical (unpaired) electrons. The summed E-state index contributed by atoms with van der Waals surface area (Å²) in [6, 6.07) is 18.9. The van der Waals surface area contributed by atoms with Crippen LogP contribution in [0.2, 0.25) is 0 Å². The van der Waals surface area contributed by atoms with Crippen LogP contribution in [-0.4, -0.2) is 35.8 Å². The van der Waals surface area contributed by atoms with Gasteiger partial charge in [0.25, 0.3) is 0 Å². The van der Waals surface area contributed by atoms with Crippen LogP contribution >= 0.6 is 0 Å². The first-order chi connectivity index (χ1) is 13.1. The van der Waals surface area contributed by atoms with Crippen molar-refractivity contribution in [2.75, 3.05) is 24.2 Å². The van der Waals surface area contributed by atoms with Gasteiger partial charge in [0.05, 0.1) is 6.54 Å². The van der Waals surface area contributed by atoms with Crippen molar-refractivity contribution in [2.24, 2.45) is 0 Å². The van der Waals surface area contributed by atoms with E-state index in [-0.39, 0.29) is 18.4 Å². The molecule has 1 fully saturated rings. The Hall–Kier alpha value is -2.66. The van der Waals surface area contributed by atoms with E-state index in [0.29, 0.717) is 0 Å². The first kappa shape index (κ1) is 19.1. The first-order valence-corrected chi connectivity index (χ1v) is 9.53. The van der Waals surface area contributed by atoms with Crippen LogP contribution in [0.3, 0.4) is 0 Å². The molecule has 0 heterocycles. The number of hydrogen-bond donors (Lipinski definition) is 2. The van der Waals surface area contributed by atoms with Crippen molar-refractivity contribution in [3.63, 3.8) is 0 Å². The molecule has 0 aliphatic heterocycles. The van der Waals surface area contributed by atoms with E-state index in [0.717, 1.165) is 43.5 Å². The molecule has 5 heteroatoms. The number of amides is 2. The summed E-state index contributed by atoms with van der Waals surface area (Å²) in [5.41, 5.74) is 0.902. The molecule has 2 N–H and O–H groups in total. The van der Waals surface area contributed by atoms with Crippen molar-refractivity contribution >= 4 is 23.2 Å². The third kappa shape index (κ3) is 4.74. The summed E-state index contributed by atoms with van der Waals surface area (Å²) in [5, 5.41) is 5.95. The monoisotopic (exact) mass is 365 g/mol. The Bertz CT molecular complexity index is 756. The zero-order chi connectivity index (χ0) is 19.1. The van der Waals surface area contributed by atoms with Crippen molar-refractivity contribution in [3.8, 4) is 0 Å². The highest BCUT2D eigenvalue weighted by Crippen LogP contribution is 2.34. The van der Waals surface area contributed by atoms with Gasteiger partial charge in [0.15, 0.2) is 0 Å². The van der Waals surface area contributed by atoms with Gasteiger partial charge in [0.2, 0.25) is 11.8 Å². The molecule has 3 rings (SSSR count). The molecule has 1 saturated carbocycles. The molecule has 0 aromatic heterocycles. The maximum Gasteiger partial charge on any atom is 0.244 e. The van der Waals surface area contributed by atoms with Crippen molar-refractivity contribution < 1.29 is 9.59 Å². The Morgan fingerprint density at radius 3 is 1.93 bits per heavy atom. The molecule has 1 aliphatic rings. The number of likely N-dealkylation sites (N-methyl/N-ethyl adjacent to an activating group) is 1. The normalized spacial score (nSPS) is 15.9. The average Bonchev–Trinajstić information content (AvgIpc) is 2.70. The lowest BCUT2D eigenvalue weighted by molar-refractivity contribution is -0.131. The first-order valence-electron chi connectivity index (χ1n) is 9.53. The summed E-state index contributed by atoms with van der Waals surface area (Å²) in [4.78, 5) is 27.6. The lowest BCUT2D eigenvalue weighted by atomic mass is 9.79. The molecule has 2 aromatic carbocycles. The van der Waals surface area contributed by atoms with E-state index in [1.807, 2.05) is 72.6 Å². The van der Waals surface area contributed by atoms with Gasteiger partial charge in [-0.25, -0.2) is 0 Å². The van der Waals surface area contributed by atoms with Gasteiger partial charge in [0.1, 0.15) is 5.54 Å². The Balaban J connectivity index is 1.70. The number of carbonyl (C=O) groups excluding carboxylic acids is 2. The van der Waals surface area contributed by atoms with Gasteiger partial charge in [-0.3, -0.25) is 14.5 Å². The maximum atomic E-state index is 13.2. The third-order valence-corrected chi connectivity index (χ3v) is 5.30. The van der Waals surface area contributed by atoms with E-state index in [2.05, 4.69) is 10.6 Å². The van der Waals surface area contributed by atoms with Gasteiger partial charge in [0, 0.05) is 11.4 Å². The van der Waals surface area contributed by atoms with Crippen molar-refractivity contribution in [3.05, 3.63) is 60.7 Å². The van der Waals surface area contributed by atoms with Crippen LogP contribution in [0.25, 0.3) is 0 Å². The SMILES string of the molecule is CN(CC(=O)Nc1ccccc1)C1(C(=O)Nc2ccccc2)CCCCC1. The van der Waals surface area contributed by atoms with E-state index < -0.39 is 5.54 Å². The molecule has 5 nitrogen and oxygen atoms in total. The van der Waals surface area contributed by atoms with E-state index >= 15 is 0 Å². The van der Waals surface area contributed by atoms with Gasteiger partial charge in [-0.2, -0.15) is 0 Å². The topological polar surface area (TPSA) is 61.4 Å². The molecule has 0 unspecified atom stereocenters. The van der Waals surface area contributed by atoms with Gasteiger partial charge in [-0.15, -0.1) is 0 Å². The average molecular weight is 365 g/mol. The molecule has 142 valence electrons. The Morgan fingerprint density at radius 2 is 1.37 bits per heavy atom. The molecule has 0 saturated heterocycles. The molecule has 0 bridgehead atoms. The third-order valence-electron chi connectivity index (χ3n) is 5.30. The summed E-state index contributed by atoms with van der Waals surface area (Å²) in [6.07, 6.45) is 4.64. The summed E-state index contributed by atoms with van der Waals surface area (Å²) in [5.74, 6) is -0.135. The Kier molecular flexibility index (Phi) is 6.24. The zero-order valence-corrected chi connectivity index (χ0v) is 15.8. The maximum absolute atomic E-state index is 13.2. The molecule has 0 atom stereocenters. The minimum Gasteiger partial charge on any atom is -0.325 e. The molecular weight excluding hydrogens is 338 g/mol. The fourth-order valence-electron chi connectivity index (χ4n) is 3.78. The number of anilines is 2. The van der Waals surface area contributed by atoms with E-state index in [4.69, 9.17) is 0 Å². The van der Waals surface area contributed by atoms with Crippen LogP contribution in [0.4, 0.5) is 11.4 Å². The van der Waals surface area contributed by atoms with Crippen LogP contribution in [-0.2, 0) is 9.59 Å². The van der Waals surface area contributed by atoms with Gasteiger partial charge in [-0.1, -0.05) is 55.7 Å². The van der Waals surface area contributed by atoms with Crippen LogP contribution < -0.4 is 10.6 Å². The second kappa shape index (κ2) is 8.82. The summed E-state index contributed by atoms with van der Waals surface area (Å²) >= 11 is 0. The summed E-state index contributed by atoms with van der Waals surface area (Å²) < 4.78 is 0. The Labute approximate surface area is 160 Å². The number of para-hydroxylation sites is 2. The number of carbonyl (C=O) groups is 2. The van der Waals surface area contributed by atoms with Crippen molar-refractivity contribution in [1.29, 1.82) is 0 Å². The highest BCUT2D eigenvalue weighted by Gasteiger charge is 2.43. The predicted octanol–water partition coefficient (Wildman–Crippen LogP) is 3.90. The molecule has 27 heavy (non-hydrogen) atoms. The molecule has 2 aromatic rings. The van der Waals surface area contributed by atoms with Crippen LogP contribution in [0.1, 0.15) is 32.1 Å². The highest BCUT2D eigenvalue weighted by atomic mass is 16.2. The van der Waals surface area contributed by atoms with E-state index in [1.54, 1.807) is 0 Å². The Morgan fingerprint density at radius 1 is 0.852 bits per heavy atom. The second-order valence-electron chi connectivity index (χ2n) is 7.18. The number of hydrogen-bond acceptors (Lipinski definition) is 3. The molecule has 1 aliphatic carbocycles. The smallest absolute Gasteiger partial charge is 0.244 e. The van der Waals surface area contributed by atoms with Gasteiger partial charge < -0.3 is 10.6 Å². The minimum atomic E-state index is -0.651. The second-order valence-corrected chi connectivity index (χ2v) is 7.18. The van der Waals surface area contributed by atoms with Crippen LogP contribution in [0, 0.1) is 0 Å². The standard InChI is InChI=1S/C22H27N3O2/c1-25(17-20(26)23-18-11-5-2-6-12-18)22(15-9-4-10-16-22)21(27)24-19-13-7-3-8-14-19/h2-3,5-8,11-14H,4,9-10,15-17H2,1H3,(H,23,26)(H,24,27). The van der Waals surface area contributed by atoms with E-state index in [1.165, 1.54) is 0 Å². The lowest BCUT2D eigenvalue weighted by Crippen LogP contribution is -2.58. The van der Waals surface area contributed by atoms with Crippen LogP contribution in [0.15, 0.2) is 60.7 Å². The summed E-state index contributed by atoms with van der Waals surface area (Å²) in [7, 11) is 1.88. The van der Waals surface area contributed by atoms with Crippen molar-refractivity contribution in [1.82, 2.24) is 4.90 Å². The van der Waals surface area contributed by atoms with Crippen LogP contribution in [0.5, 0.6) is 0 Å². The molecule has 2 amide bonds. The fourth-order valence-corrected chi connectivity index (χ4v) is 3.78. The predicted molar refractivity (Wildman–Crippen MR) is 109 cm³/mol. The van der Waals surface area contributed by atoms with Gasteiger partial charge >= 0.3 is 0 Å². The quantitative estimate of drug-likeness (QED) is 0.816. The minimum absolute atomic E-state index is 0.0246. The number of nitrogens with one attached hydrogen (secondary N) is 2. The number of nitrogens with zero attached hydrogens (tertiary/aromatic N) is 1. The van der Waals surface area contributed by atoms with Gasteiger partial charge in [-0.05, 0) is 44.2 Å². The number of benzene rings is 2. The highest BCUT2D eigenvalue weighted by molar-refractivity contribution is 5.99. The lowest BCUT2D eigenvalue weighted by Gasteiger charge is -2.42. The zero-order valence-electron chi connectivity index (χ0n) is 15.8. The molecule has 0 spiro atoms. The molecular formula is C22H27N3O2. The largest absolute Gasteiger partial charge is 0.325 e. The van der Waals surface area contributed by atoms with Crippen molar-refractivity contribution in [2.45, 2.75) is 37.6 Å². The summed E-state index contributed by atoms with van der Waals surface area (Å²) in [6.45, 7) is 0.178. The van der Waals surface area contributed by atoms with E-state index in [9.17, 15) is 9.59 Å². The number of rotatable bonds is 6.